The van der Waals surface area contributed by atoms with Gasteiger partial charge in [0, 0.05) is 30.9 Å². The van der Waals surface area contributed by atoms with E-state index in [-0.39, 0.29) is 22.1 Å². The van der Waals surface area contributed by atoms with Crippen molar-refractivity contribution in [2.75, 3.05) is 26.2 Å². The van der Waals surface area contributed by atoms with Crippen molar-refractivity contribution in [3.05, 3.63) is 64.6 Å². The molecule has 0 atom stereocenters. The van der Waals surface area contributed by atoms with Crippen LogP contribution in [0.25, 0.3) is 16.9 Å². The lowest BCUT2D eigenvalue weighted by molar-refractivity contribution is -0.142. The third kappa shape index (κ3) is 3.42. The number of hydrogen-bond acceptors (Lipinski definition) is 4. The Hall–Kier alpha value is -3.07. The molecule has 1 fully saturated rings. The van der Waals surface area contributed by atoms with E-state index in [1.807, 2.05) is 0 Å². The van der Waals surface area contributed by atoms with Crippen LogP contribution in [0, 0.1) is 0 Å². The molecular weight excluding hydrogens is 431 g/mol. The van der Waals surface area contributed by atoms with Crippen molar-refractivity contribution < 1.29 is 18.0 Å². The Labute approximate surface area is 180 Å². The van der Waals surface area contributed by atoms with Crippen LogP contribution < -0.4 is 0 Å². The maximum atomic E-state index is 13.8. The van der Waals surface area contributed by atoms with Crippen molar-refractivity contribution in [1.82, 2.24) is 24.4 Å². The number of alkyl halides is 3. The zero-order chi connectivity index (χ0) is 21.8. The number of carbonyl (C=O) groups excluding carboxylic acids is 1. The number of nitrogens with zero attached hydrogens (tertiary/aromatic N) is 5. The Kier molecular flexibility index (Phi) is 4.65. The fraction of sp³-hybridized carbons (Fsp3) is 0.286. The van der Waals surface area contributed by atoms with E-state index in [1.165, 1.54) is 0 Å². The highest BCUT2D eigenvalue weighted by Gasteiger charge is 2.37. The van der Waals surface area contributed by atoms with Crippen LogP contribution >= 0.6 is 11.6 Å². The summed E-state index contributed by atoms with van der Waals surface area (Å²) in [6.45, 7) is 2.44. The van der Waals surface area contributed by atoms with E-state index < -0.39 is 17.8 Å². The monoisotopic (exact) mass is 447 g/mol. The van der Waals surface area contributed by atoms with Gasteiger partial charge < -0.3 is 9.80 Å². The van der Waals surface area contributed by atoms with Gasteiger partial charge in [0.05, 0.1) is 12.2 Å². The van der Waals surface area contributed by atoms with Crippen LogP contribution in [0.2, 0.25) is 5.02 Å². The molecule has 1 saturated heterocycles. The Bertz CT molecular complexity index is 1210. The molecule has 0 saturated carbocycles. The Morgan fingerprint density at radius 3 is 2.61 bits per heavy atom. The Morgan fingerprint density at radius 1 is 1.10 bits per heavy atom. The summed E-state index contributed by atoms with van der Waals surface area (Å²) in [7, 11) is 0. The number of halogens is 4. The highest BCUT2D eigenvalue weighted by molar-refractivity contribution is 6.36. The fourth-order valence-electron chi connectivity index (χ4n) is 4.01. The van der Waals surface area contributed by atoms with Gasteiger partial charge in [-0.2, -0.15) is 18.3 Å². The average molecular weight is 448 g/mol. The molecule has 0 aliphatic carbocycles. The van der Waals surface area contributed by atoms with Crippen LogP contribution in [0.1, 0.15) is 22.6 Å². The molecule has 10 heteroatoms. The molecular formula is C21H17ClF3N5O. The Morgan fingerprint density at radius 2 is 1.87 bits per heavy atom. The van der Waals surface area contributed by atoms with Crippen molar-refractivity contribution in [3.8, 4) is 11.3 Å². The summed E-state index contributed by atoms with van der Waals surface area (Å²) in [5.74, 6) is -0.502. The van der Waals surface area contributed by atoms with E-state index in [2.05, 4.69) is 21.1 Å². The van der Waals surface area contributed by atoms with Gasteiger partial charge >= 0.3 is 6.18 Å². The first-order valence-electron chi connectivity index (χ1n) is 9.78. The quantitative estimate of drug-likeness (QED) is 0.593. The van der Waals surface area contributed by atoms with Crippen molar-refractivity contribution >= 4 is 23.2 Å². The predicted octanol–water partition coefficient (Wildman–Crippen LogP) is 4.11. The number of benzene rings is 1. The number of fused-ring (bicyclic) bond motifs is 2. The molecule has 31 heavy (non-hydrogen) atoms. The maximum absolute atomic E-state index is 13.8. The minimum absolute atomic E-state index is 0.103. The fourth-order valence-corrected chi connectivity index (χ4v) is 4.25. The van der Waals surface area contributed by atoms with E-state index in [4.69, 9.17) is 11.6 Å². The van der Waals surface area contributed by atoms with Gasteiger partial charge in [-0.3, -0.25) is 4.79 Å². The van der Waals surface area contributed by atoms with Crippen LogP contribution in [0.15, 0.2) is 48.2 Å². The number of hydrogen-bond donors (Lipinski definition) is 0. The lowest BCUT2D eigenvalue weighted by Gasteiger charge is -2.35. The van der Waals surface area contributed by atoms with Gasteiger partial charge in [0.1, 0.15) is 5.02 Å². The largest absolute Gasteiger partial charge is 0.433 e. The minimum Gasteiger partial charge on any atom is -0.372 e. The first-order valence-corrected chi connectivity index (χ1v) is 10.2. The molecule has 2 aromatic heterocycles. The lowest BCUT2D eigenvalue weighted by atomic mass is 10.1. The minimum atomic E-state index is -4.71. The van der Waals surface area contributed by atoms with Crippen LogP contribution in [-0.4, -0.2) is 56.5 Å². The van der Waals surface area contributed by atoms with Gasteiger partial charge in [0.15, 0.2) is 17.0 Å². The summed E-state index contributed by atoms with van der Waals surface area (Å²) in [6.07, 6.45) is -1.71. The van der Waals surface area contributed by atoms with E-state index in [1.54, 1.807) is 35.2 Å². The van der Waals surface area contributed by atoms with Gasteiger partial charge in [0.25, 0.3) is 5.91 Å². The first-order chi connectivity index (χ1) is 14.8. The Balaban J connectivity index is 1.60. The number of rotatable bonds is 2. The topological polar surface area (TPSA) is 53.7 Å². The number of piperazine rings is 1. The van der Waals surface area contributed by atoms with Crippen molar-refractivity contribution in [2.45, 2.75) is 12.6 Å². The number of carbonyl (C=O) groups is 1. The number of amides is 1. The van der Waals surface area contributed by atoms with Gasteiger partial charge in [-0.25, -0.2) is 9.50 Å². The molecule has 4 heterocycles. The lowest BCUT2D eigenvalue weighted by Crippen LogP contribution is -2.46. The van der Waals surface area contributed by atoms with Gasteiger partial charge in [-0.1, -0.05) is 48.0 Å². The second-order valence-corrected chi connectivity index (χ2v) is 7.86. The standard InChI is InChI=1S/C21H17ClF3N5O/c22-17-18(20(31)29-10-9-28-8-4-7-14(28)12-29)27-30-16(21(23,24)25)11-15(26-19(17)30)13-5-2-1-3-6-13/h1-3,5-7,11H,4,8-10,12H2. The molecule has 2 aliphatic rings. The molecule has 2 aliphatic heterocycles. The predicted molar refractivity (Wildman–Crippen MR) is 109 cm³/mol. The third-order valence-electron chi connectivity index (χ3n) is 5.56. The van der Waals surface area contributed by atoms with Crippen molar-refractivity contribution in [3.63, 3.8) is 0 Å². The summed E-state index contributed by atoms with van der Waals surface area (Å²) in [4.78, 5) is 21.2. The van der Waals surface area contributed by atoms with Gasteiger partial charge in [-0.05, 0) is 12.5 Å². The van der Waals surface area contributed by atoms with E-state index >= 15 is 0 Å². The van der Waals surface area contributed by atoms with E-state index in [0.717, 1.165) is 24.7 Å². The molecule has 5 rings (SSSR count). The summed E-state index contributed by atoms with van der Waals surface area (Å²) in [5, 5.41) is 3.77. The molecule has 0 spiro atoms. The number of aromatic nitrogens is 3. The van der Waals surface area contributed by atoms with E-state index in [0.29, 0.717) is 29.7 Å². The smallest absolute Gasteiger partial charge is 0.372 e. The summed E-state index contributed by atoms with van der Waals surface area (Å²) in [5.41, 5.74) is 0.186. The highest BCUT2D eigenvalue weighted by Crippen LogP contribution is 2.35. The molecule has 0 unspecified atom stereocenters. The summed E-state index contributed by atoms with van der Waals surface area (Å²) in [6, 6.07) is 9.41. The van der Waals surface area contributed by atoms with Gasteiger partial charge in [0.2, 0.25) is 0 Å². The zero-order valence-electron chi connectivity index (χ0n) is 16.2. The zero-order valence-corrected chi connectivity index (χ0v) is 17.0. The van der Waals surface area contributed by atoms with Gasteiger partial charge in [-0.15, -0.1) is 0 Å². The normalized spacial score (nSPS) is 16.6. The first kappa shape index (κ1) is 19.9. The summed E-state index contributed by atoms with van der Waals surface area (Å²) >= 11 is 6.38. The van der Waals surface area contributed by atoms with Crippen LogP contribution in [0.3, 0.4) is 0 Å². The molecule has 0 bridgehead atoms. The molecule has 0 radical (unpaired) electrons. The highest BCUT2D eigenvalue weighted by atomic mass is 35.5. The van der Waals surface area contributed by atoms with E-state index in [9.17, 15) is 18.0 Å². The molecule has 160 valence electrons. The second kappa shape index (κ2) is 7.26. The third-order valence-corrected chi connectivity index (χ3v) is 5.91. The molecule has 6 nitrogen and oxygen atoms in total. The van der Waals surface area contributed by atoms with Crippen LogP contribution in [-0.2, 0) is 6.18 Å². The SMILES string of the molecule is O=C(c1nn2c(C(F)(F)F)cc(-c3ccccc3)nc2c1Cl)N1CCN2CCC=C2C1. The van der Waals surface area contributed by atoms with Crippen molar-refractivity contribution in [2.24, 2.45) is 0 Å². The molecule has 0 N–H and O–H groups in total. The van der Waals surface area contributed by atoms with Crippen molar-refractivity contribution in [1.29, 1.82) is 0 Å². The second-order valence-electron chi connectivity index (χ2n) is 7.49. The molecule has 1 aromatic carbocycles. The summed E-state index contributed by atoms with van der Waals surface area (Å²) < 4.78 is 42.1. The van der Waals surface area contributed by atoms with Crippen LogP contribution in [0.5, 0.6) is 0 Å². The molecule has 3 aromatic rings. The van der Waals surface area contributed by atoms with Crippen LogP contribution in [0.4, 0.5) is 13.2 Å². The maximum Gasteiger partial charge on any atom is 0.433 e. The average Bonchev–Trinajstić information content (AvgIpc) is 3.36. The molecule has 1 amide bonds.